The molecule has 0 radical (unpaired) electrons. The Morgan fingerprint density at radius 1 is 0.933 bits per heavy atom. The van der Waals surface area contributed by atoms with Crippen LogP contribution in [-0.2, 0) is 0 Å². The predicted molar refractivity (Wildman–Crippen MR) is 117 cm³/mol. The number of methoxy groups -OCH3 is 3. The van der Waals surface area contributed by atoms with Crippen LogP contribution < -0.4 is 29.2 Å². The third-order valence-corrected chi connectivity index (χ3v) is 5.00. The van der Waals surface area contributed by atoms with E-state index in [1.54, 1.807) is 21.3 Å². The quantitative estimate of drug-likeness (QED) is 0.747. The summed E-state index contributed by atoms with van der Waals surface area (Å²) in [6.07, 6.45) is 0. The van der Waals surface area contributed by atoms with Crippen molar-refractivity contribution in [2.24, 2.45) is 0 Å². The minimum absolute atomic E-state index is 0.108. The van der Waals surface area contributed by atoms with Crippen LogP contribution in [0, 0.1) is 0 Å². The average molecular weight is 415 g/mol. The van der Waals surface area contributed by atoms with Gasteiger partial charge in [-0.25, -0.2) is 4.79 Å². The highest BCUT2D eigenvalue weighted by atomic mass is 16.5. The molecule has 1 fully saturated rings. The van der Waals surface area contributed by atoms with Crippen LogP contribution in [0.3, 0.4) is 0 Å². The molecule has 0 atom stereocenters. The zero-order valence-electron chi connectivity index (χ0n) is 17.9. The van der Waals surface area contributed by atoms with Crippen molar-refractivity contribution in [3.8, 4) is 23.0 Å². The molecule has 1 N–H and O–H groups in total. The lowest BCUT2D eigenvalue weighted by molar-refractivity contribution is 0.208. The van der Waals surface area contributed by atoms with Crippen LogP contribution in [-0.4, -0.2) is 65.0 Å². The van der Waals surface area contributed by atoms with Crippen LogP contribution in [0.5, 0.6) is 23.0 Å². The van der Waals surface area contributed by atoms with Gasteiger partial charge in [0.1, 0.15) is 5.75 Å². The summed E-state index contributed by atoms with van der Waals surface area (Å²) >= 11 is 0. The Morgan fingerprint density at radius 2 is 1.53 bits per heavy atom. The summed E-state index contributed by atoms with van der Waals surface area (Å²) in [5.74, 6) is 2.58. The number of nitrogens with zero attached hydrogens (tertiary/aromatic N) is 2. The highest BCUT2D eigenvalue weighted by molar-refractivity contribution is 5.89. The lowest BCUT2D eigenvalue weighted by atomic mass is 10.2. The van der Waals surface area contributed by atoms with Gasteiger partial charge in [0.15, 0.2) is 11.5 Å². The van der Waals surface area contributed by atoms with E-state index in [2.05, 4.69) is 10.2 Å². The Hall–Kier alpha value is -3.29. The SMILES string of the molecule is CCOc1ccc(NC(=O)N2CCN(c3cc(OC)c(OC)c(OC)c3)CC2)cc1. The van der Waals surface area contributed by atoms with Gasteiger partial charge in [-0.15, -0.1) is 0 Å². The Kier molecular flexibility index (Phi) is 7.11. The van der Waals surface area contributed by atoms with Gasteiger partial charge in [0.2, 0.25) is 5.75 Å². The van der Waals surface area contributed by atoms with Crippen LogP contribution in [0.2, 0.25) is 0 Å². The molecule has 2 aromatic carbocycles. The minimum atomic E-state index is -0.108. The van der Waals surface area contributed by atoms with Gasteiger partial charge in [0, 0.05) is 49.7 Å². The second-order valence-corrected chi connectivity index (χ2v) is 6.75. The molecule has 8 nitrogen and oxygen atoms in total. The first-order valence-electron chi connectivity index (χ1n) is 9.93. The van der Waals surface area contributed by atoms with Gasteiger partial charge in [-0.3, -0.25) is 0 Å². The monoisotopic (exact) mass is 415 g/mol. The third kappa shape index (κ3) is 4.82. The van der Waals surface area contributed by atoms with Gasteiger partial charge in [-0.2, -0.15) is 0 Å². The first-order chi connectivity index (χ1) is 14.6. The highest BCUT2D eigenvalue weighted by Crippen LogP contribution is 2.41. The van der Waals surface area contributed by atoms with Crippen LogP contribution in [0.4, 0.5) is 16.2 Å². The van der Waals surface area contributed by atoms with E-state index in [4.69, 9.17) is 18.9 Å². The largest absolute Gasteiger partial charge is 0.494 e. The Bertz CT molecular complexity index is 823. The number of nitrogens with one attached hydrogen (secondary N) is 1. The number of hydrogen-bond donors (Lipinski definition) is 1. The highest BCUT2D eigenvalue weighted by Gasteiger charge is 2.23. The first-order valence-corrected chi connectivity index (χ1v) is 9.93. The van der Waals surface area contributed by atoms with E-state index in [1.165, 1.54) is 0 Å². The summed E-state index contributed by atoms with van der Waals surface area (Å²) in [5, 5.41) is 2.94. The second-order valence-electron chi connectivity index (χ2n) is 6.75. The van der Waals surface area contributed by atoms with Crippen molar-refractivity contribution in [1.82, 2.24) is 4.90 Å². The molecule has 1 aliphatic heterocycles. The fraction of sp³-hybridized carbons (Fsp3) is 0.409. The predicted octanol–water partition coefficient (Wildman–Crippen LogP) is 3.47. The van der Waals surface area contributed by atoms with Crippen LogP contribution in [0.1, 0.15) is 6.92 Å². The summed E-state index contributed by atoms with van der Waals surface area (Å²) in [4.78, 5) is 16.6. The van der Waals surface area contributed by atoms with Crippen molar-refractivity contribution in [2.75, 3.05) is 64.3 Å². The van der Waals surface area contributed by atoms with E-state index < -0.39 is 0 Å². The van der Waals surface area contributed by atoms with Crippen molar-refractivity contribution in [3.63, 3.8) is 0 Å². The zero-order valence-corrected chi connectivity index (χ0v) is 17.9. The molecular formula is C22H29N3O5. The smallest absolute Gasteiger partial charge is 0.321 e. The molecule has 0 aromatic heterocycles. The van der Waals surface area contributed by atoms with E-state index >= 15 is 0 Å². The summed E-state index contributed by atoms with van der Waals surface area (Å²) in [5.41, 5.74) is 1.71. The lowest BCUT2D eigenvalue weighted by Crippen LogP contribution is -2.50. The number of piperazine rings is 1. The van der Waals surface area contributed by atoms with E-state index in [9.17, 15) is 4.79 Å². The molecule has 0 bridgehead atoms. The summed E-state index contributed by atoms with van der Waals surface area (Å²) in [7, 11) is 4.79. The maximum absolute atomic E-state index is 12.6. The summed E-state index contributed by atoms with van der Waals surface area (Å²) in [6, 6.07) is 11.1. The molecule has 2 aromatic rings. The number of hydrogen-bond acceptors (Lipinski definition) is 6. The zero-order chi connectivity index (χ0) is 21.5. The minimum Gasteiger partial charge on any atom is -0.494 e. The number of carbonyl (C=O) groups is 1. The second kappa shape index (κ2) is 9.96. The molecular weight excluding hydrogens is 386 g/mol. The molecule has 8 heteroatoms. The van der Waals surface area contributed by atoms with Crippen molar-refractivity contribution < 1.29 is 23.7 Å². The summed E-state index contributed by atoms with van der Waals surface area (Å²) in [6.45, 7) is 5.18. The van der Waals surface area contributed by atoms with Crippen molar-refractivity contribution in [2.45, 2.75) is 6.92 Å². The molecule has 0 unspecified atom stereocenters. The maximum atomic E-state index is 12.6. The molecule has 1 saturated heterocycles. The van der Waals surface area contributed by atoms with E-state index in [-0.39, 0.29) is 6.03 Å². The number of urea groups is 1. The van der Waals surface area contributed by atoms with Crippen molar-refractivity contribution >= 4 is 17.4 Å². The number of carbonyl (C=O) groups excluding carboxylic acids is 1. The topological polar surface area (TPSA) is 72.5 Å². The van der Waals surface area contributed by atoms with Crippen LogP contribution in [0.25, 0.3) is 0 Å². The molecule has 2 amide bonds. The molecule has 1 heterocycles. The summed E-state index contributed by atoms with van der Waals surface area (Å²) < 4.78 is 21.7. The average Bonchev–Trinajstić information content (AvgIpc) is 2.79. The number of anilines is 2. The number of rotatable bonds is 7. The van der Waals surface area contributed by atoms with Crippen LogP contribution in [0.15, 0.2) is 36.4 Å². The van der Waals surface area contributed by atoms with E-state index in [0.29, 0.717) is 50.0 Å². The van der Waals surface area contributed by atoms with Gasteiger partial charge in [0.25, 0.3) is 0 Å². The molecule has 1 aliphatic rings. The maximum Gasteiger partial charge on any atom is 0.321 e. The number of ether oxygens (including phenoxy) is 4. The van der Waals surface area contributed by atoms with Crippen LogP contribution >= 0.6 is 0 Å². The molecule has 0 spiro atoms. The van der Waals surface area contributed by atoms with Gasteiger partial charge in [0.05, 0.1) is 27.9 Å². The van der Waals surface area contributed by atoms with Crippen molar-refractivity contribution in [3.05, 3.63) is 36.4 Å². The van der Waals surface area contributed by atoms with Gasteiger partial charge < -0.3 is 34.1 Å². The van der Waals surface area contributed by atoms with Gasteiger partial charge in [-0.05, 0) is 31.2 Å². The molecule has 3 rings (SSSR count). The van der Waals surface area contributed by atoms with Crippen molar-refractivity contribution in [1.29, 1.82) is 0 Å². The molecule has 30 heavy (non-hydrogen) atoms. The van der Waals surface area contributed by atoms with E-state index in [0.717, 1.165) is 17.1 Å². The molecule has 162 valence electrons. The standard InChI is InChI=1S/C22H29N3O5/c1-5-30-18-8-6-16(7-9-18)23-22(26)25-12-10-24(11-13-25)17-14-19(27-2)21(29-4)20(15-17)28-3/h6-9,14-15H,5,10-13H2,1-4H3,(H,23,26). The molecule has 0 saturated carbocycles. The first kappa shape index (κ1) is 21.4. The Labute approximate surface area is 177 Å². The van der Waals surface area contributed by atoms with E-state index in [1.807, 2.05) is 48.2 Å². The Balaban J connectivity index is 1.61. The fourth-order valence-electron chi connectivity index (χ4n) is 3.42. The van der Waals surface area contributed by atoms with Gasteiger partial charge >= 0.3 is 6.03 Å². The Morgan fingerprint density at radius 3 is 2.03 bits per heavy atom. The normalized spacial score (nSPS) is 13.6. The number of benzene rings is 2. The van der Waals surface area contributed by atoms with Gasteiger partial charge in [-0.1, -0.05) is 0 Å². The number of amides is 2. The third-order valence-electron chi connectivity index (χ3n) is 5.00. The molecule has 0 aliphatic carbocycles. The lowest BCUT2D eigenvalue weighted by Gasteiger charge is -2.36. The fourth-order valence-corrected chi connectivity index (χ4v) is 3.42.